The van der Waals surface area contributed by atoms with Gasteiger partial charge in [-0.1, -0.05) is 30.3 Å². The first-order chi connectivity index (χ1) is 13.4. The number of ether oxygens (including phenoxy) is 1. The van der Waals surface area contributed by atoms with Gasteiger partial charge in [0.2, 0.25) is 5.91 Å². The van der Waals surface area contributed by atoms with E-state index >= 15 is 0 Å². The van der Waals surface area contributed by atoms with E-state index in [1.165, 1.54) is 29.3 Å². The molecule has 0 radical (unpaired) electrons. The Morgan fingerprint density at radius 3 is 2.64 bits per heavy atom. The van der Waals surface area contributed by atoms with Crippen molar-refractivity contribution in [3.05, 3.63) is 63.0 Å². The third kappa shape index (κ3) is 4.12. The predicted octanol–water partition coefficient (Wildman–Crippen LogP) is 1.98. The molecule has 2 aromatic heterocycles. The van der Waals surface area contributed by atoms with Crippen LogP contribution in [0.25, 0.3) is 10.2 Å². The van der Waals surface area contributed by atoms with E-state index in [0.717, 1.165) is 16.0 Å². The molecule has 1 amide bonds. The fourth-order valence-corrected chi connectivity index (χ4v) is 3.95. The van der Waals surface area contributed by atoms with Gasteiger partial charge in [0.15, 0.2) is 0 Å². The maximum atomic E-state index is 12.7. The summed E-state index contributed by atoms with van der Waals surface area (Å²) in [6.45, 7) is 3.58. The Kier molecular flexibility index (Phi) is 5.89. The summed E-state index contributed by atoms with van der Waals surface area (Å²) >= 11 is 1.45. The van der Waals surface area contributed by atoms with Gasteiger partial charge < -0.3 is 10.1 Å². The number of hydrogen-bond donors (Lipinski definition) is 1. The number of thiophene rings is 1. The van der Waals surface area contributed by atoms with Crippen LogP contribution in [0.2, 0.25) is 0 Å². The fourth-order valence-electron chi connectivity index (χ4n) is 2.96. The van der Waals surface area contributed by atoms with Gasteiger partial charge in [0, 0.05) is 11.3 Å². The minimum atomic E-state index is -0.836. The molecule has 0 fully saturated rings. The molecule has 1 N–H and O–H groups in total. The van der Waals surface area contributed by atoms with Gasteiger partial charge in [-0.25, -0.2) is 9.78 Å². The number of carbonyl (C=O) groups is 2. The maximum absolute atomic E-state index is 12.7. The number of aryl methyl sites for hydroxylation is 2. The van der Waals surface area contributed by atoms with Crippen molar-refractivity contribution < 1.29 is 14.3 Å². The van der Waals surface area contributed by atoms with Gasteiger partial charge in [0.05, 0.1) is 18.8 Å². The molecule has 0 saturated carbocycles. The monoisotopic (exact) mass is 399 g/mol. The maximum Gasteiger partial charge on any atom is 0.328 e. The molecule has 0 aliphatic rings. The molecule has 8 heteroatoms. The van der Waals surface area contributed by atoms with Crippen molar-refractivity contribution in [3.63, 3.8) is 0 Å². The zero-order valence-corrected chi connectivity index (χ0v) is 16.7. The van der Waals surface area contributed by atoms with Crippen molar-refractivity contribution in [3.8, 4) is 0 Å². The molecule has 2 heterocycles. The van der Waals surface area contributed by atoms with Gasteiger partial charge in [-0.05, 0) is 25.0 Å². The van der Waals surface area contributed by atoms with Gasteiger partial charge in [0.1, 0.15) is 17.4 Å². The number of methoxy groups -OCH3 is 1. The van der Waals surface area contributed by atoms with Crippen LogP contribution in [0.15, 0.2) is 41.5 Å². The Balaban J connectivity index is 1.78. The average molecular weight is 399 g/mol. The van der Waals surface area contributed by atoms with Crippen LogP contribution < -0.4 is 10.9 Å². The zero-order chi connectivity index (χ0) is 20.3. The zero-order valence-electron chi connectivity index (χ0n) is 15.9. The quantitative estimate of drug-likeness (QED) is 0.640. The van der Waals surface area contributed by atoms with Crippen molar-refractivity contribution in [2.24, 2.45) is 0 Å². The Morgan fingerprint density at radius 1 is 1.25 bits per heavy atom. The molecule has 3 rings (SSSR count). The number of amides is 1. The molecular formula is C20H21N3O4S. The molecule has 0 aliphatic heterocycles. The second-order valence-electron chi connectivity index (χ2n) is 6.47. The van der Waals surface area contributed by atoms with Crippen molar-refractivity contribution in [1.82, 2.24) is 14.9 Å². The molecule has 0 spiro atoms. The lowest BCUT2D eigenvalue weighted by Gasteiger charge is -2.17. The highest BCUT2D eigenvalue weighted by atomic mass is 32.1. The van der Waals surface area contributed by atoms with E-state index in [1.807, 2.05) is 44.2 Å². The summed E-state index contributed by atoms with van der Waals surface area (Å²) < 4.78 is 6.06. The molecule has 146 valence electrons. The highest BCUT2D eigenvalue weighted by molar-refractivity contribution is 7.18. The van der Waals surface area contributed by atoms with Crippen molar-refractivity contribution in [1.29, 1.82) is 0 Å². The molecule has 3 aromatic rings. The molecule has 28 heavy (non-hydrogen) atoms. The molecule has 1 atom stereocenters. The normalized spacial score (nSPS) is 12.0. The van der Waals surface area contributed by atoms with Crippen LogP contribution >= 0.6 is 11.3 Å². The van der Waals surface area contributed by atoms with Crippen LogP contribution in [0.4, 0.5) is 0 Å². The summed E-state index contributed by atoms with van der Waals surface area (Å²) in [5, 5.41) is 3.20. The van der Waals surface area contributed by atoms with Crippen LogP contribution in [0, 0.1) is 13.8 Å². The van der Waals surface area contributed by atoms with Gasteiger partial charge in [-0.3, -0.25) is 14.2 Å². The van der Waals surface area contributed by atoms with Crippen LogP contribution in [0.1, 0.15) is 16.0 Å². The first-order valence-corrected chi connectivity index (χ1v) is 9.58. The number of aromatic nitrogens is 2. The molecule has 1 aromatic carbocycles. The minimum Gasteiger partial charge on any atom is -0.467 e. The first kappa shape index (κ1) is 19.8. The molecular weight excluding hydrogens is 378 g/mol. The van der Waals surface area contributed by atoms with Gasteiger partial charge >= 0.3 is 5.97 Å². The number of hydrogen-bond acceptors (Lipinski definition) is 6. The molecule has 0 aliphatic carbocycles. The van der Waals surface area contributed by atoms with Gasteiger partial charge in [0.25, 0.3) is 5.56 Å². The number of nitrogens with one attached hydrogen (secondary N) is 1. The molecule has 0 saturated heterocycles. The Morgan fingerprint density at radius 2 is 1.96 bits per heavy atom. The highest BCUT2D eigenvalue weighted by Gasteiger charge is 2.22. The minimum absolute atomic E-state index is 0.224. The van der Waals surface area contributed by atoms with E-state index in [0.29, 0.717) is 16.6 Å². The number of fused-ring (bicyclic) bond motifs is 1. The number of carbonyl (C=O) groups excluding carboxylic acids is 2. The van der Waals surface area contributed by atoms with Crippen LogP contribution in [-0.2, 0) is 27.3 Å². The summed E-state index contributed by atoms with van der Waals surface area (Å²) in [6, 6.07) is 8.49. The van der Waals surface area contributed by atoms with Crippen LogP contribution in [-0.4, -0.2) is 34.6 Å². The average Bonchev–Trinajstić information content (AvgIpc) is 2.98. The van der Waals surface area contributed by atoms with Crippen molar-refractivity contribution in [2.75, 3.05) is 7.11 Å². The van der Waals surface area contributed by atoms with E-state index in [4.69, 9.17) is 4.74 Å². The predicted molar refractivity (Wildman–Crippen MR) is 107 cm³/mol. The van der Waals surface area contributed by atoms with E-state index in [9.17, 15) is 14.4 Å². The fraction of sp³-hybridized carbons (Fsp3) is 0.300. The van der Waals surface area contributed by atoms with E-state index in [1.54, 1.807) is 0 Å². The standard InChI is InChI=1S/C20H21N3O4S/c1-12-13(2)28-18-17(12)19(25)23(11-21-18)10-16(24)22-15(20(26)27-3)9-14-7-5-4-6-8-14/h4-8,11,15H,9-10H2,1-3H3,(H,22,24)/t15-/m1/s1. The van der Waals surface area contributed by atoms with Crippen molar-refractivity contribution in [2.45, 2.75) is 32.9 Å². The SMILES string of the molecule is COC(=O)[C@@H](Cc1ccccc1)NC(=O)Cn1cnc2sc(C)c(C)c2c1=O. The lowest BCUT2D eigenvalue weighted by molar-refractivity contribution is -0.145. The third-order valence-electron chi connectivity index (χ3n) is 4.57. The lowest BCUT2D eigenvalue weighted by atomic mass is 10.1. The summed E-state index contributed by atoms with van der Waals surface area (Å²) in [7, 11) is 1.27. The topological polar surface area (TPSA) is 90.3 Å². The first-order valence-electron chi connectivity index (χ1n) is 8.77. The lowest BCUT2D eigenvalue weighted by Crippen LogP contribution is -2.45. The van der Waals surface area contributed by atoms with E-state index in [2.05, 4.69) is 10.3 Å². The van der Waals surface area contributed by atoms with E-state index in [-0.39, 0.29) is 12.1 Å². The Hall–Kier alpha value is -3.00. The van der Waals surface area contributed by atoms with Gasteiger partial charge in [-0.2, -0.15) is 0 Å². The Bertz CT molecular complexity index is 1070. The number of benzene rings is 1. The summed E-state index contributed by atoms with van der Waals surface area (Å²) in [6.07, 6.45) is 1.66. The number of esters is 1. The Labute approximate surface area is 166 Å². The molecule has 0 bridgehead atoms. The smallest absolute Gasteiger partial charge is 0.328 e. The second kappa shape index (κ2) is 8.35. The van der Waals surface area contributed by atoms with Crippen LogP contribution in [0.5, 0.6) is 0 Å². The van der Waals surface area contributed by atoms with Gasteiger partial charge in [-0.15, -0.1) is 11.3 Å². The third-order valence-corrected chi connectivity index (χ3v) is 5.69. The largest absolute Gasteiger partial charge is 0.467 e. The summed E-state index contributed by atoms with van der Waals surface area (Å²) in [5.41, 5.74) is 1.51. The summed E-state index contributed by atoms with van der Waals surface area (Å²) in [5.74, 6) is -0.999. The highest BCUT2D eigenvalue weighted by Crippen LogP contribution is 2.25. The second-order valence-corrected chi connectivity index (χ2v) is 7.68. The van der Waals surface area contributed by atoms with Crippen molar-refractivity contribution >= 4 is 33.4 Å². The number of nitrogens with zero attached hydrogens (tertiary/aromatic N) is 2. The molecule has 0 unspecified atom stereocenters. The number of rotatable bonds is 6. The van der Waals surface area contributed by atoms with E-state index < -0.39 is 17.9 Å². The molecule has 7 nitrogen and oxygen atoms in total. The summed E-state index contributed by atoms with van der Waals surface area (Å²) in [4.78, 5) is 43.3. The van der Waals surface area contributed by atoms with Crippen LogP contribution in [0.3, 0.4) is 0 Å².